The van der Waals surface area contributed by atoms with E-state index >= 15 is 0 Å². The minimum absolute atomic E-state index is 0.268. The molecule has 4 heteroatoms. The van der Waals surface area contributed by atoms with E-state index in [1.54, 1.807) is 0 Å². The molecule has 2 saturated heterocycles. The van der Waals surface area contributed by atoms with Crippen molar-refractivity contribution in [1.29, 1.82) is 0 Å². The third kappa shape index (κ3) is 2.73. The maximum absolute atomic E-state index is 6.33. The van der Waals surface area contributed by atoms with Gasteiger partial charge < -0.3 is 14.2 Å². The van der Waals surface area contributed by atoms with Crippen LogP contribution in [0.2, 0.25) is 0 Å². The van der Waals surface area contributed by atoms with Crippen LogP contribution in [0, 0.1) is 5.92 Å². The minimum atomic E-state index is -0.299. The Morgan fingerprint density at radius 2 is 1.75 bits per heavy atom. The molecule has 146 valence electrons. The third-order valence-corrected chi connectivity index (χ3v) is 7.34. The van der Waals surface area contributed by atoms with Gasteiger partial charge in [-0.2, -0.15) is 0 Å². The molecule has 3 nitrogen and oxygen atoms in total. The summed E-state index contributed by atoms with van der Waals surface area (Å²) >= 11 is 0. The fourth-order valence-corrected chi connectivity index (χ4v) is 5.13. The summed E-state index contributed by atoms with van der Waals surface area (Å²) in [4.78, 5) is 2.66. The van der Waals surface area contributed by atoms with E-state index in [1.807, 2.05) is 0 Å². The van der Waals surface area contributed by atoms with Crippen molar-refractivity contribution < 1.29 is 9.31 Å². The Labute approximate surface area is 169 Å². The van der Waals surface area contributed by atoms with Gasteiger partial charge in [-0.25, -0.2) is 0 Å². The molecule has 0 N–H and O–H groups in total. The van der Waals surface area contributed by atoms with E-state index in [0.717, 1.165) is 6.42 Å². The molecule has 28 heavy (non-hydrogen) atoms. The third-order valence-electron chi connectivity index (χ3n) is 7.34. The summed E-state index contributed by atoms with van der Waals surface area (Å²) in [5.74, 6) is 0.491. The summed E-state index contributed by atoms with van der Waals surface area (Å²) in [6.07, 6.45) is 12.9. The largest absolute Gasteiger partial charge is 0.494 e. The van der Waals surface area contributed by atoms with Crippen LogP contribution >= 0.6 is 0 Å². The first kappa shape index (κ1) is 18.3. The molecule has 0 spiro atoms. The van der Waals surface area contributed by atoms with E-state index in [4.69, 9.17) is 9.31 Å². The van der Waals surface area contributed by atoms with E-state index in [-0.39, 0.29) is 18.3 Å². The van der Waals surface area contributed by atoms with Gasteiger partial charge in [-0.3, -0.25) is 0 Å². The molecule has 2 aliphatic heterocycles. The molecule has 0 radical (unpaired) electrons. The highest BCUT2D eigenvalue weighted by Gasteiger charge is 2.53. The first-order chi connectivity index (χ1) is 13.4. The second kappa shape index (κ2) is 6.37. The lowest BCUT2D eigenvalue weighted by molar-refractivity contribution is 0.00578. The van der Waals surface area contributed by atoms with Gasteiger partial charge >= 0.3 is 7.12 Å². The fraction of sp³-hybridized carbons (Fsp3) is 0.500. The lowest BCUT2D eigenvalue weighted by Crippen LogP contribution is -2.41. The SMILES string of the molecule is CC1(C)OB(C2=CCC3C(=C2)C2C=CCCC2N3c2ccccc2)OC1(C)C. The van der Waals surface area contributed by atoms with Gasteiger partial charge in [0.1, 0.15) is 0 Å². The Bertz CT molecular complexity index is 839. The van der Waals surface area contributed by atoms with E-state index in [0.29, 0.717) is 18.0 Å². The zero-order valence-corrected chi connectivity index (χ0v) is 17.4. The van der Waals surface area contributed by atoms with Gasteiger partial charge in [-0.1, -0.05) is 42.5 Å². The molecule has 0 aromatic heterocycles. The summed E-state index contributed by atoms with van der Waals surface area (Å²) in [7, 11) is -0.268. The van der Waals surface area contributed by atoms with Gasteiger partial charge in [0.15, 0.2) is 0 Å². The van der Waals surface area contributed by atoms with Crippen LogP contribution in [0.15, 0.2) is 65.7 Å². The van der Waals surface area contributed by atoms with Crippen molar-refractivity contribution >= 4 is 12.8 Å². The summed E-state index contributed by atoms with van der Waals surface area (Å²) in [5.41, 5.74) is 3.46. The zero-order chi connectivity index (χ0) is 19.5. The lowest BCUT2D eigenvalue weighted by atomic mass is 9.72. The summed E-state index contributed by atoms with van der Waals surface area (Å²) in [6.45, 7) is 8.50. The maximum atomic E-state index is 6.33. The molecule has 4 aliphatic rings. The maximum Gasteiger partial charge on any atom is 0.494 e. The molecule has 5 rings (SSSR count). The average Bonchev–Trinajstić information content (AvgIpc) is 3.12. The Morgan fingerprint density at radius 3 is 2.46 bits per heavy atom. The molecule has 2 aliphatic carbocycles. The van der Waals surface area contributed by atoms with E-state index in [9.17, 15) is 0 Å². The fourth-order valence-electron chi connectivity index (χ4n) is 5.13. The molecule has 1 aromatic carbocycles. The number of allylic oxidation sites excluding steroid dienone is 3. The lowest BCUT2D eigenvalue weighted by Gasteiger charge is -2.34. The van der Waals surface area contributed by atoms with Crippen molar-refractivity contribution in [3.63, 3.8) is 0 Å². The van der Waals surface area contributed by atoms with Gasteiger partial charge in [-0.05, 0) is 70.1 Å². The number of benzene rings is 1. The van der Waals surface area contributed by atoms with Gasteiger partial charge in [0, 0.05) is 17.6 Å². The molecule has 2 fully saturated rings. The van der Waals surface area contributed by atoms with Crippen molar-refractivity contribution in [2.45, 2.75) is 70.2 Å². The van der Waals surface area contributed by atoms with E-state index < -0.39 is 0 Å². The Hall–Kier alpha value is -1.78. The van der Waals surface area contributed by atoms with Gasteiger partial charge in [0.25, 0.3) is 0 Å². The van der Waals surface area contributed by atoms with Crippen LogP contribution in [0.25, 0.3) is 0 Å². The van der Waals surface area contributed by atoms with Crippen LogP contribution in [0.1, 0.15) is 47.0 Å². The van der Waals surface area contributed by atoms with Crippen LogP contribution in [0.4, 0.5) is 5.69 Å². The number of para-hydroxylation sites is 1. The molecule has 1 aromatic rings. The second-order valence-corrected chi connectivity index (χ2v) is 9.53. The second-order valence-electron chi connectivity index (χ2n) is 9.53. The highest BCUT2D eigenvalue weighted by Crippen LogP contribution is 2.47. The van der Waals surface area contributed by atoms with Crippen molar-refractivity contribution in [1.82, 2.24) is 0 Å². The molecule has 3 atom stereocenters. The molecule has 0 saturated carbocycles. The summed E-state index contributed by atoms with van der Waals surface area (Å²) in [6, 6.07) is 11.9. The smallest absolute Gasteiger partial charge is 0.399 e. The van der Waals surface area contributed by atoms with Crippen LogP contribution in [0.3, 0.4) is 0 Å². The standard InChI is InChI=1S/C24H30BNO2/c1-23(2)24(3,4)28-25(27-23)17-14-15-22-20(16-17)19-12-8-9-13-21(19)26(22)18-10-6-5-7-11-18/h5-8,10-12,14,16,19,21-22H,9,13,15H2,1-4H3. The van der Waals surface area contributed by atoms with Crippen molar-refractivity contribution in [3.05, 3.63) is 65.7 Å². The van der Waals surface area contributed by atoms with Crippen LogP contribution in [-0.2, 0) is 9.31 Å². The predicted molar refractivity (Wildman–Crippen MR) is 115 cm³/mol. The first-order valence-corrected chi connectivity index (χ1v) is 10.6. The number of fused-ring (bicyclic) bond motifs is 3. The van der Waals surface area contributed by atoms with Gasteiger partial charge in [0.2, 0.25) is 0 Å². The van der Waals surface area contributed by atoms with Crippen molar-refractivity contribution in [3.8, 4) is 0 Å². The van der Waals surface area contributed by atoms with E-state index in [1.165, 1.54) is 29.6 Å². The first-order valence-electron chi connectivity index (χ1n) is 10.6. The summed E-state index contributed by atoms with van der Waals surface area (Å²) in [5, 5.41) is 0. The molecule has 2 heterocycles. The molecule has 0 bridgehead atoms. The quantitative estimate of drug-likeness (QED) is 0.530. The molecular formula is C24H30BNO2. The molecular weight excluding hydrogens is 345 g/mol. The normalized spacial score (nSPS) is 32.6. The van der Waals surface area contributed by atoms with Crippen LogP contribution in [0.5, 0.6) is 0 Å². The zero-order valence-electron chi connectivity index (χ0n) is 17.4. The highest BCUT2D eigenvalue weighted by molar-refractivity contribution is 6.55. The number of rotatable bonds is 2. The van der Waals surface area contributed by atoms with Gasteiger partial charge in [0.05, 0.1) is 17.2 Å². The Kier molecular flexibility index (Phi) is 4.15. The van der Waals surface area contributed by atoms with Crippen molar-refractivity contribution in [2.75, 3.05) is 4.90 Å². The number of hydrogen-bond donors (Lipinski definition) is 0. The van der Waals surface area contributed by atoms with Gasteiger partial charge in [-0.15, -0.1) is 0 Å². The highest BCUT2D eigenvalue weighted by atomic mass is 16.7. The number of hydrogen-bond acceptors (Lipinski definition) is 3. The number of nitrogens with zero attached hydrogens (tertiary/aromatic N) is 1. The van der Waals surface area contributed by atoms with Crippen molar-refractivity contribution in [2.24, 2.45) is 5.92 Å². The molecule has 3 unspecified atom stereocenters. The Morgan fingerprint density at radius 1 is 1.04 bits per heavy atom. The van der Waals surface area contributed by atoms with Crippen LogP contribution < -0.4 is 4.90 Å². The molecule has 0 amide bonds. The Balaban J connectivity index is 1.49. The monoisotopic (exact) mass is 375 g/mol. The number of anilines is 1. The topological polar surface area (TPSA) is 21.7 Å². The average molecular weight is 375 g/mol. The minimum Gasteiger partial charge on any atom is -0.399 e. The summed E-state index contributed by atoms with van der Waals surface area (Å²) < 4.78 is 12.7. The predicted octanol–water partition coefficient (Wildman–Crippen LogP) is 5.10. The van der Waals surface area contributed by atoms with E-state index in [2.05, 4.69) is 87.2 Å². The van der Waals surface area contributed by atoms with Crippen LogP contribution in [-0.4, -0.2) is 30.4 Å².